The molecule has 0 aromatic heterocycles. The fraction of sp³-hybridized carbons (Fsp3) is 0.500. The van der Waals surface area contributed by atoms with E-state index in [2.05, 4.69) is 17.9 Å². The van der Waals surface area contributed by atoms with Gasteiger partial charge in [-0.3, -0.25) is 4.79 Å². The predicted molar refractivity (Wildman–Crippen MR) is 55.5 cm³/mol. The third kappa shape index (κ3) is 2.37. The van der Waals surface area contributed by atoms with Gasteiger partial charge in [-0.1, -0.05) is 18.2 Å². The van der Waals surface area contributed by atoms with E-state index in [0.29, 0.717) is 5.92 Å². The molecule has 1 amide bonds. The normalized spacial score (nSPS) is 26.8. The van der Waals surface area contributed by atoms with E-state index in [0.717, 1.165) is 24.2 Å². The standard InChI is InChI=1S/C10H13NOS/c12-10(7-1-2-7)11-8-3-5-9(13)6-4-8/h3,5-8,13H,1-2,4H2,(H,11,12). The maximum Gasteiger partial charge on any atom is 0.223 e. The molecule has 0 spiro atoms. The summed E-state index contributed by atoms with van der Waals surface area (Å²) in [6, 6.07) is 0.184. The van der Waals surface area contributed by atoms with Crippen LogP contribution >= 0.6 is 12.6 Å². The molecule has 2 aliphatic carbocycles. The number of thiol groups is 1. The molecule has 1 N–H and O–H groups in total. The molecular weight excluding hydrogens is 182 g/mol. The highest BCUT2D eigenvalue weighted by Crippen LogP contribution is 2.29. The second-order valence-corrected chi connectivity index (χ2v) is 4.13. The van der Waals surface area contributed by atoms with Gasteiger partial charge in [0.2, 0.25) is 5.91 Å². The number of nitrogens with one attached hydrogen (secondary N) is 1. The van der Waals surface area contributed by atoms with Crippen LogP contribution < -0.4 is 5.32 Å². The van der Waals surface area contributed by atoms with E-state index < -0.39 is 0 Å². The molecule has 2 aliphatic rings. The number of carbonyl (C=O) groups is 1. The third-order valence-electron chi connectivity index (χ3n) is 2.36. The van der Waals surface area contributed by atoms with Gasteiger partial charge in [0.25, 0.3) is 0 Å². The maximum absolute atomic E-state index is 11.4. The molecule has 1 fully saturated rings. The van der Waals surface area contributed by atoms with Gasteiger partial charge in [-0.05, 0) is 24.2 Å². The molecule has 0 aliphatic heterocycles. The molecule has 0 heterocycles. The van der Waals surface area contributed by atoms with Gasteiger partial charge in [-0.2, -0.15) is 0 Å². The Kier molecular flexibility index (Phi) is 2.44. The Balaban J connectivity index is 1.83. The molecule has 1 saturated carbocycles. The smallest absolute Gasteiger partial charge is 0.223 e. The molecule has 0 aromatic rings. The number of amides is 1. The first-order chi connectivity index (χ1) is 6.25. The number of hydrogen-bond acceptors (Lipinski definition) is 2. The molecule has 0 aromatic carbocycles. The summed E-state index contributed by atoms with van der Waals surface area (Å²) in [6.07, 6.45) is 8.97. The van der Waals surface area contributed by atoms with Crippen LogP contribution in [0.25, 0.3) is 0 Å². The number of allylic oxidation sites excluding steroid dienone is 1. The van der Waals surface area contributed by atoms with Crippen molar-refractivity contribution in [3.05, 3.63) is 23.1 Å². The first-order valence-electron chi connectivity index (χ1n) is 4.63. The van der Waals surface area contributed by atoms with E-state index in [4.69, 9.17) is 0 Å². The first kappa shape index (κ1) is 8.88. The van der Waals surface area contributed by atoms with Crippen LogP contribution in [0.2, 0.25) is 0 Å². The van der Waals surface area contributed by atoms with Gasteiger partial charge in [0.1, 0.15) is 0 Å². The van der Waals surface area contributed by atoms with E-state index in [1.165, 1.54) is 0 Å². The minimum atomic E-state index is 0.184. The molecule has 0 bridgehead atoms. The zero-order valence-electron chi connectivity index (χ0n) is 7.36. The molecule has 3 heteroatoms. The fourth-order valence-electron chi connectivity index (χ4n) is 1.36. The van der Waals surface area contributed by atoms with Crippen molar-refractivity contribution in [3.8, 4) is 0 Å². The Morgan fingerprint density at radius 3 is 2.85 bits per heavy atom. The summed E-state index contributed by atoms with van der Waals surface area (Å²) in [5.74, 6) is 0.514. The van der Waals surface area contributed by atoms with E-state index in [9.17, 15) is 4.79 Å². The molecule has 0 radical (unpaired) electrons. The number of rotatable bonds is 2. The molecule has 70 valence electrons. The van der Waals surface area contributed by atoms with Crippen molar-refractivity contribution in [1.82, 2.24) is 5.32 Å². The minimum absolute atomic E-state index is 0.184. The summed E-state index contributed by atoms with van der Waals surface area (Å²) in [5, 5.41) is 3.00. The summed E-state index contributed by atoms with van der Waals surface area (Å²) in [6.45, 7) is 0. The lowest BCUT2D eigenvalue weighted by Crippen LogP contribution is -2.34. The summed E-state index contributed by atoms with van der Waals surface area (Å²) in [4.78, 5) is 12.4. The highest BCUT2D eigenvalue weighted by molar-refractivity contribution is 7.84. The van der Waals surface area contributed by atoms with Crippen LogP contribution in [0.1, 0.15) is 19.3 Å². The second kappa shape index (κ2) is 3.58. The molecule has 1 atom stereocenters. The van der Waals surface area contributed by atoms with Crippen molar-refractivity contribution < 1.29 is 4.79 Å². The van der Waals surface area contributed by atoms with Crippen molar-refractivity contribution in [2.45, 2.75) is 25.3 Å². The van der Waals surface area contributed by atoms with Crippen LogP contribution in [0.15, 0.2) is 23.1 Å². The van der Waals surface area contributed by atoms with Crippen LogP contribution in [-0.4, -0.2) is 11.9 Å². The zero-order valence-corrected chi connectivity index (χ0v) is 8.26. The van der Waals surface area contributed by atoms with Crippen LogP contribution in [0.3, 0.4) is 0 Å². The largest absolute Gasteiger partial charge is 0.349 e. The minimum Gasteiger partial charge on any atom is -0.349 e. The zero-order chi connectivity index (χ0) is 9.26. The van der Waals surface area contributed by atoms with Crippen molar-refractivity contribution in [3.63, 3.8) is 0 Å². The number of hydrogen-bond donors (Lipinski definition) is 2. The third-order valence-corrected chi connectivity index (χ3v) is 2.69. The molecule has 1 unspecified atom stereocenters. The van der Waals surface area contributed by atoms with E-state index in [1.807, 2.05) is 18.2 Å². The van der Waals surface area contributed by atoms with E-state index in [1.54, 1.807) is 0 Å². The molecule has 2 nitrogen and oxygen atoms in total. The van der Waals surface area contributed by atoms with Crippen molar-refractivity contribution in [2.24, 2.45) is 5.92 Å². The summed E-state index contributed by atoms with van der Waals surface area (Å²) >= 11 is 4.21. The quantitative estimate of drug-likeness (QED) is 0.645. The first-order valence-corrected chi connectivity index (χ1v) is 5.08. The fourth-order valence-corrected chi connectivity index (χ4v) is 1.55. The average molecular weight is 195 g/mol. The average Bonchev–Trinajstić information content (AvgIpc) is 2.91. The van der Waals surface area contributed by atoms with Gasteiger partial charge in [0, 0.05) is 5.92 Å². The Morgan fingerprint density at radius 2 is 2.31 bits per heavy atom. The van der Waals surface area contributed by atoms with Crippen LogP contribution in [0.5, 0.6) is 0 Å². The lowest BCUT2D eigenvalue weighted by Gasteiger charge is -2.15. The van der Waals surface area contributed by atoms with Gasteiger partial charge in [0.05, 0.1) is 6.04 Å². The van der Waals surface area contributed by atoms with Gasteiger partial charge in [0.15, 0.2) is 0 Å². The van der Waals surface area contributed by atoms with Crippen LogP contribution in [0, 0.1) is 5.92 Å². The Hall–Kier alpha value is -0.700. The van der Waals surface area contributed by atoms with Crippen LogP contribution in [-0.2, 0) is 4.79 Å². The molecular formula is C10H13NOS. The van der Waals surface area contributed by atoms with Gasteiger partial charge < -0.3 is 5.32 Å². The lowest BCUT2D eigenvalue weighted by atomic mass is 10.1. The monoisotopic (exact) mass is 195 g/mol. The Morgan fingerprint density at radius 1 is 1.54 bits per heavy atom. The second-order valence-electron chi connectivity index (χ2n) is 3.61. The SMILES string of the molecule is O=C(NC1C=CC(S)=CC1)C1CC1. The molecule has 2 rings (SSSR count). The number of carbonyl (C=O) groups excluding carboxylic acids is 1. The Bertz CT molecular complexity index is 279. The Labute approximate surface area is 83.5 Å². The summed E-state index contributed by atoms with van der Waals surface area (Å²) < 4.78 is 0. The maximum atomic E-state index is 11.4. The summed E-state index contributed by atoms with van der Waals surface area (Å²) in [7, 11) is 0. The summed E-state index contributed by atoms with van der Waals surface area (Å²) in [5.41, 5.74) is 0. The highest BCUT2D eigenvalue weighted by atomic mass is 32.1. The van der Waals surface area contributed by atoms with Crippen molar-refractivity contribution >= 4 is 18.5 Å². The van der Waals surface area contributed by atoms with Gasteiger partial charge in [-0.15, -0.1) is 12.6 Å². The van der Waals surface area contributed by atoms with Crippen LogP contribution in [0.4, 0.5) is 0 Å². The molecule has 13 heavy (non-hydrogen) atoms. The van der Waals surface area contributed by atoms with Gasteiger partial charge >= 0.3 is 0 Å². The van der Waals surface area contributed by atoms with Crippen molar-refractivity contribution in [2.75, 3.05) is 0 Å². The van der Waals surface area contributed by atoms with Gasteiger partial charge in [-0.25, -0.2) is 0 Å². The van der Waals surface area contributed by atoms with E-state index in [-0.39, 0.29) is 11.9 Å². The van der Waals surface area contributed by atoms with E-state index >= 15 is 0 Å². The lowest BCUT2D eigenvalue weighted by molar-refractivity contribution is -0.122. The predicted octanol–water partition coefficient (Wildman–Crippen LogP) is 1.65. The van der Waals surface area contributed by atoms with Crippen molar-refractivity contribution in [1.29, 1.82) is 0 Å². The highest BCUT2D eigenvalue weighted by Gasteiger charge is 2.30. The topological polar surface area (TPSA) is 29.1 Å². The molecule has 0 saturated heterocycles.